The molecule has 0 unspecified atom stereocenters. The maximum Gasteiger partial charge on any atom is 0.229 e. The molecule has 1 aliphatic rings. The molecule has 1 fully saturated rings. The maximum absolute atomic E-state index is 12.5. The van der Waals surface area contributed by atoms with Crippen molar-refractivity contribution in [2.24, 2.45) is 5.92 Å². The van der Waals surface area contributed by atoms with Gasteiger partial charge in [0.2, 0.25) is 5.91 Å². The van der Waals surface area contributed by atoms with E-state index in [0.717, 1.165) is 26.6 Å². The number of hydrogen-bond donors (Lipinski definition) is 0. The second-order valence-corrected chi connectivity index (χ2v) is 6.91. The van der Waals surface area contributed by atoms with Crippen molar-refractivity contribution in [2.45, 2.75) is 32.1 Å². The van der Waals surface area contributed by atoms with Crippen molar-refractivity contribution >= 4 is 50.1 Å². The predicted octanol–water partition coefficient (Wildman–Crippen LogP) is 4.60. The summed E-state index contributed by atoms with van der Waals surface area (Å²) in [7, 11) is 1.89. The van der Waals surface area contributed by atoms with Crippen molar-refractivity contribution < 1.29 is 4.79 Å². The molecule has 0 atom stereocenters. The lowest BCUT2D eigenvalue weighted by atomic mass is 9.88. The fraction of sp³-hybridized carbons (Fsp3) is 0.500. The normalized spacial score (nSPS) is 16.6. The van der Waals surface area contributed by atoms with Gasteiger partial charge in [-0.3, -0.25) is 4.79 Å². The van der Waals surface area contributed by atoms with Gasteiger partial charge in [0.25, 0.3) is 0 Å². The van der Waals surface area contributed by atoms with Crippen LogP contribution in [0, 0.1) is 9.49 Å². The predicted molar refractivity (Wildman–Crippen MR) is 86.8 cm³/mol. The first-order valence-electron chi connectivity index (χ1n) is 6.32. The Morgan fingerprint density at radius 1 is 1.33 bits per heavy atom. The highest BCUT2D eigenvalue weighted by atomic mass is 127. The van der Waals surface area contributed by atoms with Gasteiger partial charge in [0.15, 0.2) is 0 Å². The number of rotatable bonds is 2. The van der Waals surface area contributed by atoms with Gasteiger partial charge in [-0.1, -0.05) is 35.2 Å². The minimum absolute atomic E-state index is 0.221. The van der Waals surface area contributed by atoms with Gasteiger partial charge in [-0.25, -0.2) is 0 Å². The minimum atomic E-state index is 0.221. The van der Waals surface area contributed by atoms with E-state index in [1.165, 1.54) is 19.3 Å². The van der Waals surface area contributed by atoms with Crippen LogP contribution >= 0.6 is 38.5 Å². The Balaban J connectivity index is 2.16. The number of benzene rings is 1. The molecule has 0 N–H and O–H groups in total. The summed E-state index contributed by atoms with van der Waals surface area (Å²) in [5, 5.41) is 0. The van der Waals surface area contributed by atoms with Gasteiger partial charge in [-0.2, -0.15) is 0 Å². The zero-order valence-corrected chi connectivity index (χ0v) is 14.2. The fourth-order valence-corrected chi connectivity index (χ4v) is 3.53. The lowest BCUT2D eigenvalue weighted by molar-refractivity contribution is -0.123. The fourth-order valence-electron chi connectivity index (χ4n) is 2.48. The highest BCUT2D eigenvalue weighted by Crippen LogP contribution is 2.30. The minimum Gasteiger partial charge on any atom is -0.314 e. The lowest BCUT2D eigenvalue weighted by Crippen LogP contribution is -2.34. The van der Waals surface area contributed by atoms with Gasteiger partial charge < -0.3 is 4.90 Å². The molecule has 1 aliphatic carbocycles. The Morgan fingerprint density at radius 3 is 2.67 bits per heavy atom. The first-order valence-corrected chi connectivity index (χ1v) is 8.19. The summed E-state index contributed by atoms with van der Waals surface area (Å²) in [4.78, 5) is 14.3. The van der Waals surface area contributed by atoms with Crippen LogP contribution in [0.25, 0.3) is 0 Å². The Morgan fingerprint density at radius 2 is 2.00 bits per heavy atom. The highest BCUT2D eigenvalue weighted by Gasteiger charge is 2.25. The Bertz CT molecular complexity index is 443. The maximum atomic E-state index is 12.5. The van der Waals surface area contributed by atoms with Crippen molar-refractivity contribution in [3.63, 3.8) is 0 Å². The Labute approximate surface area is 130 Å². The van der Waals surface area contributed by atoms with Gasteiger partial charge in [-0.15, -0.1) is 0 Å². The van der Waals surface area contributed by atoms with E-state index < -0.39 is 0 Å². The second kappa shape index (κ2) is 6.37. The zero-order chi connectivity index (χ0) is 13.1. The monoisotopic (exact) mass is 421 g/mol. The van der Waals surface area contributed by atoms with Crippen LogP contribution < -0.4 is 4.90 Å². The summed E-state index contributed by atoms with van der Waals surface area (Å²) >= 11 is 5.75. The quantitative estimate of drug-likeness (QED) is 0.639. The van der Waals surface area contributed by atoms with Crippen molar-refractivity contribution in [3.8, 4) is 0 Å². The third kappa shape index (κ3) is 3.26. The number of amides is 1. The largest absolute Gasteiger partial charge is 0.314 e. The number of nitrogens with zero attached hydrogens (tertiary/aromatic N) is 1. The Kier molecular flexibility index (Phi) is 5.06. The van der Waals surface area contributed by atoms with E-state index in [2.05, 4.69) is 38.5 Å². The first-order chi connectivity index (χ1) is 8.59. The highest BCUT2D eigenvalue weighted by molar-refractivity contribution is 14.1. The molecule has 0 bridgehead atoms. The molecule has 0 heterocycles. The van der Waals surface area contributed by atoms with E-state index >= 15 is 0 Å². The van der Waals surface area contributed by atoms with Crippen LogP contribution in [-0.4, -0.2) is 13.0 Å². The standard InChI is InChI=1S/C14H17BrINO/c1-17(13-9-11(15)7-8-12(13)16)14(18)10-5-3-2-4-6-10/h7-10H,2-6H2,1H3. The van der Waals surface area contributed by atoms with Crippen molar-refractivity contribution in [2.75, 3.05) is 11.9 Å². The summed E-state index contributed by atoms with van der Waals surface area (Å²) in [6, 6.07) is 6.05. The number of hydrogen-bond acceptors (Lipinski definition) is 1. The number of carbonyl (C=O) groups excluding carboxylic acids is 1. The average molecular weight is 422 g/mol. The van der Waals surface area contributed by atoms with Crippen LogP contribution in [-0.2, 0) is 4.79 Å². The smallest absolute Gasteiger partial charge is 0.229 e. The van der Waals surface area contributed by atoms with Crippen LogP contribution in [0.4, 0.5) is 5.69 Å². The van der Waals surface area contributed by atoms with Crippen LogP contribution in [0.5, 0.6) is 0 Å². The molecule has 0 radical (unpaired) electrons. The summed E-state index contributed by atoms with van der Waals surface area (Å²) in [5.41, 5.74) is 1.00. The van der Waals surface area contributed by atoms with Gasteiger partial charge >= 0.3 is 0 Å². The summed E-state index contributed by atoms with van der Waals surface area (Å²) in [6.45, 7) is 0. The molecule has 98 valence electrons. The van der Waals surface area contributed by atoms with E-state index in [4.69, 9.17) is 0 Å². The van der Waals surface area contributed by atoms with Crippen LogP contribution in [0.3, 0.4) is 0 Å². The number of carbonyl (C=O) groups is 1. The van der Waals surface area contributed by atoms with Crippen LogP contribution in [0.1, 0.15) is 32.1 Å². The molecule has 0 aliphatic heterocycles. The molecule has 1 aromatic rings. The lowest BCUT2D eigenvalue weighted by Gasteiger charge is -2.27. The molecule has 2 nitrogen and oxygen atoms in total. The SMILES string of the molecule is CN(C(=O)C1CCCCC1)c1cc(Br)ccc1I. The van der Waals surface area contributed by atoms with Crippen LogP contribution in [0.2, 0.25) is 0 Å². The van der Waals surface area contributed by atoms with Gasteiger partial charge in [0.1, 0.15) is 0 Å². The molecule has 1 saturated carbocycles. The average Bonchev–Trinajstić information content (AvgIpc) is 2.41. The molecule has 0 saturated heterocycles. The van der Waals surface area contributed by atoms with E-state index in [1.54, 1.807) is 0 Å². The molecule has 1 aromatic carbocycles. The first kappa shape index (κ1) is 14.3. The summed E-state index contributed by atoms with van der Waals surface area (Å²) in [6.07, 6.45) is 5.77. The van der Waals surface area contributed by atoms with Crippen molar-refractivity contribution in [1.82, 2.24) is 0 Å². The number of halogens is 2. The number of anilines is 1. The van der Waals surface area contributed by atoms with Gasteiger partial charge in [0, 0.05) is 21.0 Å². The molecule has 4 heteroatoms. The third-order valence-corrected chi connectivity index (χ3v) is 4.96. The molecular formula is C14H17BrINO. The topological polar surface area (TPSA) is 20.3 Å². The molecule has 0 spiro atoms. The van der Waals surface area contributed by atoms with Crippen LogP contribution in [0.15, 0.2) is 22.7 Å². The van der Waals surface area contributed by atoms with Gasteiger partial charge in [0.05, 0.1) is 5.69 Å². The van der Waals surface area contributed by atoms with E-state index in [0.29, 0.717) is 0 Å². The summed E-state index contributed by atoms with van der Waals surface area (Å²) in [5.74, 6) is 0.490. The van der Waals surface area contributed by atoms with E-state index in [-0.39, 0.29) is 11.8 Å². The van der Waals surface area contributed by atoms with E-state index in [1.807, 2.05) is 30.1 Å². The van der Waals surface area contributed by atoms with Crippen molar-refractivity contribution in [1.29, 1.82) is 0 Å². The van der Waals surface area contributed by atoms with E-state index in [9.17, 15) is 4.79 Å². The molecule has 1 amide bonds. The molecule has 18 heavy (non-hydrogen) atoms. The Hall–Kier alpha value is -0.100. The molecule has 0 aromatic heterocycles. The summed E-state index contributed by atoms with van der Waals surface area (Å²) < 4.78 is 2.13. The second-order valence-electron chi connectivity index (χ2n) is 4.83. The van der Waals surface area contributed by atoms with Gasteiger partial charge in [-0.05, 0) is 53.6 Å². The zero-order valence-electron chi connectivity index (χ0n) is 10.5. The van der Waals surface area contributed by atoms with Crippen molar-refractivity contribution in [3.05, 3.63) is 26.2 Å². The third-order valence-electron chi connectivity index (χ3n) is 3.55. The molecule has 2 rings (SSSR count). The molecular weight excluding hydrogens is 405 g/mol.